The summed E-state index contributed by atoms with van der Waals surface area (Å²) >= 11 is 6.31. The molecule has 0 radical (unpaired) electrons. The van der Waals surface area contributed by atoms with Gasteiger partial charge in [-0.25, -0.2) is 4.39 Å². The second kappa shape index (κ2) is 9.29. The van der Waals surface area contributed by atoms with E-state index in [1.54, 1.807) is 19.2 Å². The van der Waals surface area contributed by atoms with Crippen LogP contribution in [-0.2, 0) is 6.42 Å². The molecule has 0 spiro atoms. The molecule has 1 saturated carbocycles. The number of ether oxygens (including phenoxy) is 1. The Morgan fingerprint density at radius 2 is 1.97 bits per heavy atom. The molecule has 2 aromatic carbocycles. The number of nitrogens with zero attached hydrogens (tertiary/aromatic N) is 1. The van der Waals surface area contributed by atoms with Gasteiger partial charge in [-0.05, 0) is 68.8 Å². The minimum Gasteiger partial charge on any atom is -0.497 e. The minimum atomic E-state index is -1.16. The van der Waals surface area contributed by atoms with E-state index < -0.39 is 5.60 Å². The van der Waals surface area contributed by atoms with Crippen molar-refractivity contribution in [1.29, 1.82) is 0 Å². The van der Waals surface area contributed by atoms with Gasteiger partial charge in [0.15, 0.2) is 0 Å². The molecule has 3 rings (SSSR count). The van der Waals surface area contributed by atoms with Crippen LogP contribution in [-0.4, -0.2) is 43.4 Å². The zero-order valence-corrected chi connectivity index (χ0v) is 18.0. The summed E-state index contributed by atoms with van der Waals surface area (Å²) < 4.78 is 19.8. The first-order valence-electron chi connectivity index (χ1n) is 9.98. The quantitative estimate of drug-likeness (QED) is 0.700. The highest BCUT2D eigenvalue weighted by atomic mass is 35.5. The molecule has 0 heterocycles. The number of halogens is 2. The van der Waals surface area contributed by atoms with Gasteiger partial charge in [0, 0.05) is 29.5 Å². The molecule has 0 amide bonds. The van der Waals surface area contributed by atoms with Gasteiger partial charge in [0.05, 0.1) is 12.7 Å². The number of aliphatic hydroxyl groups is 1. The lowest BCUT2D eigenvalue weighted by Gasteiger charge is -2.44. The molecule has 0 aliphatic heterocycles. The van der Waals surface area contributed by atoms with E-state index in [1.165, 1.54) is 6.07 Å². The van der Waals surface area contributed by atoms with Gasteiger partial charge >= 0.3 is 0 Å². The fourth-order valence-electron chi connectivity index (χ4n) is 4.27. The zero-order chi connectivity index (χ0) is 21.0. The van der Waals surface area contributed by atoms with Crippen LogP contribution in [0, 0.1) is 11.7 Å². The number of hydrogen-bond donors (Lipinski definition) is 1. The average molecular weight is 418 g/mol. The first-order chi connectivity index (χ1) is 13.8. The molecule has 1 aliphatic rings. The third-order valence-electron chi connectivity index (χ3n) is 5.78. The Labute approximate surface area is 177 Å². The summed E-state index contributed by atoms with van der Waals surface area (Å²) in [6.45, 7) is 0.725. The van der Waals surface area contributed by atoms with Crippen LogP contribution in [0.1, 0.15) is 30.4 Å². The van der Waals surface area contributed by atoms with Gasteiger partial charge in [0.25, 0.3) is 0 Å². The first kappa shape index (κ1) is 21.8. The lowest BCUT2D eigenvalue weighted by atomic mass is 9.68. The Morgan fingerprint density at radius 1 is 1.24 bits per heavy atom. The van der Waals surface area contributed by atoms with Crippen molar-refractivity contribution in [2.45, 2.75) is 31.3 Å². The van der Waals surface area contributed by atoms with Gasteiger partial charge in [-0.2, -0.15) is 0 Å². The van der Waals surface area contributed by atoms with Gasteiger partial charge in [-0.3, -0.25) is 0 Å². The maximum atomic E-state index is 14.6. The fraction of sp³-hybridized carbons (Fsp3) is 0.417. The zero-order valence-electron chi connectivity index (χ0n) is 17.3. The summed E-state index contributed by atoms with van der Waals surface area (Å²) in [5.74, 6) is 0.407. The Morgan fingerprint density at radius 3 is 2.59 bits per heavy atom. The maximum Gasteiger partial charge on any atom is 0.128 e. The van der Waals surface area contributed by atoms with E-state index in [2.05, 4.69) is 4.90 Å². The Hall–Kier alpha value is -1.88. The highest BCUT2D eigenvalue weighted by molar-refractivity contribution is 6.31. The molecule has 5 heteroatoms. The van der Waals surface area contributed by atoms with Crippen LogP contribution in [0.2, 0.25) is 5.02 Å². The van der Waals surface area contributed by atoms with Gasteiger partial charge in [0.1, 0.15) is 11.6 Å². The summed E-state index contributed by atoms with van der Waals surface area (Å²) in [6, 6.07) is 12.4. The molecule has 29 heavy (non-hydrogen) atoms. The van der Waals surface area contributed by atoms with Gasteiger partial charge < -0.3 is 14.7 Å². The second-order valence-corrected chi connectivity index (χ2v) is 8.50. The Balaban J connectivity index is 2.03. The van der Waals surface area contributed by atoms with E-state index in [4.69, 9.17) is 16.3 Å². The van der Waals surface area contributed by atoms with E-state index >= 15 is 0 Å². The minimum absolute atomic E-state index is 0.00794. The summed E-state index contributed by atoms with van der Waals surface area (Å²) in [5.41, 5.74) is 1.14. The second-order valence-electron chi connectivity index (χ2n) is 8.10. The lowest BCUT2D eigenvalue weighted by Crippen LogP contribution is -2.48. The van der Waals surface area contributed by atoms with E-state index in [0.29, 0.717) is 10.6 Å². The number of benzene rings is 2. The molecular weight excluding hydrogens is 389 g/mol. The van der Waals surface area contributed by atoms with Crippen molar-refractivity contribution in [3.8, 4) is 5.75 Å². The van der Waals surface area contributed by atoms with Gasteiger partial charge in [0.2, 0.25) is 0 Å². The average Bonchev–Trinajstić information content (AvgIpc) is 2.68. The monoisotopic (exact) mass is 417 g/mol. The topological polar surface area (TPSA) is 32.7 Å². The predicted molar refractivity (Wildman–Crippen MR) is 117 cm³/mol. The standard InChI is InChI=1S/C24H29ClFNO2/c1-27(2)16-19-7-4-6-18(14-17-10-12-20(29-3)13-11-17)24(19,28)15-21-22(25)8-5-9-23(21)26/h5,8-14,19,28H,4,6-7,15-16H2,1-3H3. The van der Waals surface area contributed by atoms with Crippen molar-refractivity contribution >= 4 is 17.7 Å². The molecule has 1 N–H and O–H groups in total. The molecule has 1 aliphatic carbocycles. The SMILES string of the molecule is COc1ccc(C=C2CCCC(CN(C)C)C2(O)Cc2c(F)cccc2Cl)cc1. The normalized spacial score (nSPS) is 23.6. The third-order valence-corrected chi connectivity index (χ3v) is 6.13. The third kappa shape index (κ3) is 5.00. The molecule has 2 atom stereocenters. The fourth-order valence-corrected chi connectivity index (χ4v) is 4.50. The molecule has 0 bridgehead atoms. The lowest BCUT2D eigenvalue weighted by molar-refractivity contribution is -0.0128. The van der Waals surface area contributed by atoms with Crippen molar-refractivity contribution < 1.29 is 14.2 Å². The van der Waals surface area contributed by atoms with Crippen LogP contribution < -0.4 is 4.74 Å². The molecule has 2 aromatic rings. The molecule has 3 nitrogen and oxygen atoms in total. The molecule has 1 fully saturated rings. The van der Waals surface area contributed by atoms with Crippen LogP contribution in [0.4, 0.5) is 4.39 Å². The number of methoxy groups -OCH3 is 1. The highest BCUT2D eigenvalue weighted by Gasteiger charge is 2.43. The molecular formula is C24H29ClFNO2. The van der Waals surface area contributed by atoms with E-state index in [-0.39, 0.29) is 18.2 Å². The van der Waals surface area contributed by atoms with Gasteiger partial charge in [-0.1, -0.05) is 35.9 Å². The van der Waals surface area contributed by atoms with E-state index in [9.17, 15) is 9.50 Å². The number of hydrogen-bond acceptors (Lipinski definition) is 3. The van der Waals surface area contributed by atoms with Crippen LogP contribution in [0.15, 0.2) is 48.0 Å². The number of rotatable bonds is 6. The van der Waals surface area contributed by atoms with Crippen LogP contribution in [0.25, 0.3) is 6.08 Å². The first-order valence-corrected chi connectivity index (χ1v) is 10.4. The molecule has 0 aromatic heterocycles. The van der Waals surface area contributed by atoms with Crippen molar-refractivity contribution in [3.63, 3.8) is 0 Å². The van der Waals surface area contributed by atoms with Crippen LogP contribution in [0.5, 0.6) is 5.75 Å². The summed E-state index contributed by atoms with van der Waals surface area (Å²) in [5, 5.41) is 12.3. The van der Waals surface area contributed by atoms with E-state index in [0.717, 1.165) is 42.7 Å². The smallest absolute Gasteiger partial charge is 0.128 e. The maximum absolute atomic E-state index is 14.6. The predicted octanol–water partition coefficient (Wildman–Crippen LogP) is 5.21. The molecule has 0 saturated heterocycles. The van der Waals surface area contributed by atoms with Crippen molar-refractivity contribution in [3.05, 3.63) is 70.0 Å². The molecule has 156 valence electrons. The summed E-state index contributed by atoms with van der Waals surface area (Å²) in [6.07, 6.45) is 4.86. The van der Waals surface area contributed by atoms with Crippen molar-refractivity contribution in [2.24, 2.45) is 5.92 Å². The van der Waals surface area contributed by atoms with Crippen LogP contribution >= 0.6 is 11.6 Å². The summed E-state index contributed by atoms with van der Waals surface area (Å²) in [7, 11) is 5.63. The summed E-state index contributed by atoms with van der Waals surface area (Å²) in [4.78, 5) is 2.08. The Bertz CT molecular complexity index is 845. The van der Waals surface area contributed by atoms with Crippen molar-refractivity contribution in [1.82, 2.24) is 4.90 Å². The van der Waals surface area contributed by atoms with E-state index in [1.807, 2.05) is 44.4 Å². The highest BCUT2D eigenvalue weighted by Crippen LogP contribution is 2.43. The van der Waals surface area contributed by atoms with Gasteiger partial charge in [-0.15, -0.1) is 0 Å². The van der Waals surface area contributed by atoms with Crippen LogP contribution in [0.3, 0.4) is 0 Å². The molecule has 2 unspecified atom stereocenters. The van der Waals surface area contributed by atoms with Crippen molar-refractivity contribution in [2.75, 3.05) is 27.7 Å². The largest absolute Gasteiger partial charge is 0.497 e. The Kier molecular flexibility index (Phi) is 6.99.